The molecule has 1 N–H and O–H groups in total. The fourth-order valence-electron chi connectivity index (χ4n) is 2.71. The Balaban J connectivity index is 2.02. The first-order chi connectivity index (χ1) is 8.74. The molecule has 0 saturated heterocycles. The molecule has 0 amide bonds. The van der Waals surface area contributed by atoms with Crippen LogP contribution in [0.2, 0.25) is 0 Å². The van der Waals surface area contributed by atoms with E-state index in [2.05, 4.69) is 12.2 Å². The van der Waals surface area contributed by atoms with Gasteiger partial charge in [0.25, 0.3) is 0 Å². The normalized spacial score (nSPS) is 23.1. The van der Waals surface area contributed by atoms with Crippen LogP contribution in [-0.4, -0.2) is 20.3 Å². The van der Waals surface area contributed by atoms with Crippen LogP contribution in [0.25, 0.3) is 0 Å². The lowest BCUT2D eigenvalue weighted by Crippen LogP contribution is -2.30. The zero-order valence-electron chi connectivity index (χ0n) is 11.5. The smallest absolute Gasteiger partial charge is 0.123 e. The van der Waals surface area contributed by atoms with Crippen molar-refractivity contribution in [3.05, 3.63) is 23.8 Å². The van der Waals surface area contributed by atoms with Gasteiger partial charge in [0.1, 0.15) is 11.5 Å². The zero-order chi connectivity index (χ0) is 13.0. The molecule has 0 heterocycles. The van der Waals surface area contributed by atoms with E-state index in [1.54, 1.807) is 14.2 Å². The van der Waals surface area contributed by atoms with Crippen molar-refractivity contribution in [2.24, 2.45) is 5.92 Å². The van der Waals surface area contributed by atoms with Crippen molar-refractivity contribution in [1.82, 2.24) is 5.32 Å². The quantitative estimate of drug-likeness (QED) is 0.870. The fraction of sp³-hybridized carbons (Fsp3) is 0.600. The van der Waals surface area contributed by atoms with Crippen LogP contribution in [-0.2, 0) is 6.54 Å². The highest BCUT2D eigenvalue weighted by atomic mass is 16.5. The lowest BCUT2D eigenvalue weighted by molar-refractivity contribution is 0.387. The van der Waals surface area contributed by atoms with E-state index < -0.39 is 0 Å². The van der Waals surface area contributed by atoms with E-state index in [1.807, 2.05) is 18.2 Å². The highest BCUT2D eigenvalue weighted by Crippen LogP contribution is 2.27. The molecule has 100 valence electrons. The van der Waals surface area contributed by atoms with E-state index in [1.165, 1.54) is 19.3 Å². The molecule has 0 bridgehead atoms. The van der Waals surface area contributed by atoms with Crippen LogP contribution in [0, 0.1) is 5.92 Å². The van der Waals surface area contributed by atoms with Crippen molar-refractivity contribution >= 4 is 0 Å². The van der Waals surface area contributed by atoms with Crippen LogP contribution < -0.4 is 14.8 Å². The molecule has 1 aliphatic rings. The molecule has 0 spiro atoms. The minimum absolute atomic E-state index is 0.640. The van der Waals surface area contributed by atoms with E-state index in [-0.39, 0.29) is 0 Å². The Hall–Kier alpha value is -1.22. The summed E-state index contributed by atoms with van der Waals surface area (Å²) in [5, 5.41) is 3.64. The highest BCUT2D eigenvalue weighted by molar-refractivity contribution is 5.40. The Labute approximate surface area is 109 Å². The average Bonchev–Trinajstić information content (AvgIpc) is 2.81. The monoisotopic (exact) mass is 249 g/mol. The van der Waals surface area contributed by atoms with Gasteiger partial charge in [-0.2, -0.15) is 0 Å². The van der Waals surface area contributed by atoms with Crippen LogP contribution in [0.3, 0.4) is 0 Å². The van der Waals surface area contributed by atoms with Gasteiger partial charge in [0.15, 0.2) is 0 Å². The van der Waals surface area contributed by atoms with E-state index in [9.17, 15) is 0 Å². The van der Waals surface area contributed by atoms with E-state index >= 15 is 0 Å². The number of hydrogen-bond donors (Lipinski definition) is 1. The van der Waals surface area contributed by atoms with Gasteiger partial charge in [0.05, 0.1) is 14.2 Å². The standard InChI is InChI=1S/C15H23NO2/c1-11-5-4-6-14(11)16-10-12-9-13(17-2)7-8-15(12)18-3/h7-9,11,14,16H,4-6,10H2,1-3H3. The zero-order valence-corrected chi connectivity index (χ0v) is 11.5. The first kappa shape index (κ1) is 13.2. The Morgan fingerprint density at radius 2 is 2.06 bits per heavy atom. The Morgan fingerprint density at radius 1 is 1.22 bits per heavy atom. The summed E-state index contributed by atoms with van der Waals surface area (Å²) in [7, 11) is 3.40. The summed E-state index contributed by atoms with van der Waals surface area (Å²) in [5.41, 5.74) is 1.16. The molecule has 3 heteroatoms. The average molecular weight is 249 g/mol. The summed E-state index contributed by atoms with van der Waals surface area (Å²) in [6, 6.07) is 6.58. The summed E-state index contributed by atoms with van der Waals surface area (Å²) in [6.07, 6.45) is 3.97. The summed E-state index contributed by atoms with van der Waals surface area (Å²) in [5.74, 6) is 2.59. The second-order valence-electron chi connectivity index (χ2n) is 5.07. The lowest BCUT2D eigenvalue weighted by Gasteiger charge is -2.18. The molecular weight excluding hydrogens is 226 g/mol. The van der Waals surface area contributed by atoms with Crippen molar-refractivity contribution in [2.75, 3.05) is 14.2 Å². The third-order valence-electron chi connectivity index (χ3n) is 3.90. The van der Waals surface area contributed by atoms with Gasteiger partial charge in [0.2, 0.25) is 0 Å². The van der Waals surface area contributed by atoms with Crippen LogP contribution >= 0.6 is 0 Å². The van der Waals surface area contributed by atoms with Gasteiger partial charge in [0, 0.05) is 18.2 Å². The minimum Gasteiger partial charge on any atom is -0.497 e. The Bertz CT molecular complexity index is 392. The van der Waals surface area contributed by atoms with Gasteiger partial charge in [-0.15, -0.1) is 0 Å². The van der Waals surface area contributed by atoms with Crippen molar-refractivity contribution < 1.29 is 9.47 Å². The maximum atomic E-state index is 5.39. The molecule has 1 aliphatic carbocycles. The van der Waals surface area contributed by atoms with Crippen LogP contribution in [0.15, 0.2) is 18.2 Å². The van der Waals surface area contributed by atoms with Gasteiger partial charge < -0.3 is 14.8 Å². The first-order valence-corrected chi connectivity index (χ1v) is 6.69. The van der Waals surface area contributed by atoms with Gasteiger partial charge in [-0.1, -0.05) is 13.3 Å². The van der Waals surface area contributed by atoms with Gasteiger partial charge in [-0.25, -0.2) is 0 Å². The van der Waals surface area contributed by atoms with E-state index in [4.69, 9.17) is 9.47 Å². The maximum Gasteiger partial charge on any atom is 0.123 e. The molecule has 0 aromatic heterocycles. The molecule has 1 fully saturated rings. The van der Waals surface area contributed by atoms with Gasteiger partial charge in [-0.3, -0.25) is 0 Å². The fourth-order valence-corrected chi connectivity index (χ4v) is 2.71. The SMILES string of the molecule is COc1ccc(OC)c(CNC2CCCC2C)c1. The molecule has 1 saturated carbocycles. The largest absolute Gasteiger partial charge is 0.497 e. The summed E-state index contributed by atoms with van der Waals surface area (Å²) in [6.45, 7) is 3.17. The predicted molar refractivity (Wildman–Crippen MR) is 73.2 cm³/mol. The third-order valence-corrected chi connectivity index (χ3v) is 3.90. The molecule has 0 aliphatic heterocycles. The molecule has 2 atom stereocenters. The summed E-state index contributed by atoms with van der Waals surface area (Å²) < 4.78 is 10.7. The second-order valence-corrected chi connectivity index (χ2v) is 5.07. The van der Waals surface area contributed by atoms with Crippen molar-refractivity contribution in [1.29, 1.82) is 0 Å². The predicted octanol–water partition coefficient (Wildman–Crippen LogP) is 2.98. The maximum absolute atomic E-state index is 5.39. The molecule has 1 aromatic rings. The number of hydrogen-bond acceptors (Lipinski definition) is 3. The van der Waals surface area contributed by atoms with Crippen molar-refractivity contribution in [2.45, 2.75) is 38.8 Å². The lowest BCUT2D eigenvalue weighted by atomic mass is 10.1. The summed E-state index contributed by atoms with van der Waals surface area (Å²) in [4.78, 5) is 0. The number of rotatable bonds is 5. The molecule has 0 radical (unpaired) electrons. The van der Waals surface area contributed by atoms with Crippen LogP contribution in [0.4, 0.5) is 0 Å². The number of ether oxygens (including phenoxy) is 2. The number of benzene rings is 1. The molecule has 2 rings (SSSR count). The van der Waals surface area contributed by atoms with Crippen LogP contribution in [0.1, 0.15) is 31.7 Å². The van der Waals surface area contributed by atoms with E-state index in [0.717, 1.165) is 29.5 Å². The van der Waals surface area contributed by atoms with Gasteiger partial charge in [-0.05, 0) is 37.0 Å². The molecule has 2 unspecified atom stereocenters. The number of nitrogens with one attached hydrogen (secondary N) is 1. The second kappa shape index (κ2) is 6.10. The summed E-state index contributed by atoms with van der Waals surface area (Å²) >= 11 is 0. The molecule has 1 aromatic carbocycles. The van der Waals surface area contributed by atoms with Crippen molar-refractivity contribution in [3.63, 3.8) is 0 Å². The van der Waals surface area contributed by atoms with E-state index in [0.29, 0.717) is 6.04 Å². The first-order valence-electron chi connectivity index (χ1n) is 6.69. The number of methoxy groups -OCH3 is 2. The minimum atomic E-state index is 0.640. The third kappa shape index (κ3) is 2.96. The topological polar surface area (TPSA) is 30.5 Å². The Morgan fingerprint density at radius 3 is 2.67 bits per heavy atom. The van der Waals surface area contributed by atoms with Gasteiger partial charge >= 0.3 is 0 Å². The molecule has 18 heavy (non-hydrogen) atoms. The molecule has 3 nitrogen and oxygen atoms in total. The van der Waals surface area contributed by atoms with Crippen LogP contribution in [0.5, 0.6) is 11.5 Å². The Kier molecular flexibility index (Phi) is 4.48. The van der Waals surface area contributed by atoms with Crippen molar-refractivity contribution in [3.8, 4) is 11.5 Å². The molecular formula is C15H23NO2. The highest BCUT2D eigenvalue weighted by Gasteiger charge is 2.22.